The van der Waals surface area contributed by atoms with Gasteiger partial charge in [0, 0.05) is 12.7 Å². The Morgan fingerprint density at radius 2 is 2.15 bits per heavy atom. The zero-order valence-electron chi connectivity index (χ0n) is 10.9. The van der Waals surface area contributed by atoms with E-state index in [4.69, 9.17) is 9.84 Å². The minimum Gasteiger partial charge on any atom is -0.496 e. The van der Waals surface area contributed by atoms with Gasteiger partial charge in [-0.3, -0.25) is 14.6 Å². The SMILES string of the molecule is COc1cccc2ccnc(C(=O)NCCC(=O)O)c12. The third-order valence-electron chi connectivity index (χ3n) is 2.81. The lowest BCUT2D eigenvalue weighted by molar-refractivity contribution is -0.136. The van der Waals surface area contributed by atoms with Gasteiger partial charge in [-0.25, -0.2) is 0 Å². The summed E-state index contributed by atoms with van der Waals surface area (Å²) in [5.74, 6) is -0.825. The minimum absolute atomic E-state index is 0.0569. The van der Waals surface area contributed by atoms with Crippen molar-refractivity contribution in [1.82, 2.24) is 10.3 Å². The summed E-state index contributed by atoms with van der Waals surface area (Å²) in [4.78, 5) is 26.6. The van der Waals surface area contributed by atoms with Crippen molar-refractivity contribution in [2.75, 3.05) is 13.7 Å². The van der Waals surface area contributed by atoms with Crippen LogP contribution in [0.4, 0.5) is 0 Å². The maximum absolute atomic E-state index is 12.1. The van der Waals surface area contributed by atoms with Gasteiger partial charge in [-0.2, -0.15) is 0 Å². The Balaban J connectivity index is 2.33. The number of carbonyl (C=O) groups is 2. The van der Waals surface area contributed by atoms with Gasteiger partial charge in [0.15, 0.2) is 0 Å². The fraction of sp³-hybridized carbons (Fsp3) is 0.214. The van der Waals surface area contributed by atoms with Crippen molar-refractivity contribution in [2.45, 2.75) is 6.42 Å². The molecule has 0 atom stereocenters. The van der Waals surface area contributed by atoms with E-state index in [1.807, 2.05) is 12.1 Å². The summed E-state index contributed by atoms with van der Waals surface area (Å²) in [7, 11) is 1.52. The second-order valence-corrected chi connectivity index (χ2v) is 4.12. The summed E-state index contributed by atoms with van der Waals surface area (Å²) in [6.45, 7) is 0.0569. The molecule has 2 rings (SSSR count). The van der Waals surface area contributed by atoms with E-state index in [0.717, 1.165) is 5.39 Å². The Kier molecular flexibility index (Phi) is 4.14. The van der Waals surface area contributed by atoms with Crippen LogP contribution >= 0.6 is 0 Å². The molecule has 0 unspecified atom stereocenters. The molecule has 0 aliphatic heterocycles. The predicted octanol–water partition coefficient (Wildman–Crippen LogP) is 1.45. The quantitative estimate of drug-likeness (QED) is 0.861. The van der Waals surface area contributed by atoms with Crippen molar-refractivity contribution < 1.29 is 19.4 Å². The summed E-state index contributed by atoms with van der Waals surface area (Å²) in [5, 5.41) is 12.6. The van der Waals surface area contributed by atoms with E-state index in [1.54, 1.807) is 12.1 Å². The number of hydrogen-bond donors (Lipinski definition) is 2. The lowest BCUT2D eigenvalue weighted by atomic mass is 10.1. The topological polar surface area (TPSA) is 88.5 Å². The number of benzene rings is 1. The molecule has 1 aromatic carbocycles. The molecule has 6 heteroatoms. The number of rotatable bonds is 5. The summed E-state index contributed by atoms with van der Waals surface area (Å²) in [5.41, 5.74) is 0.227. The Bertz CT molecular complexity index is 649. The van der Waals surface area contributed by atoms with Gasteiger partial charge in [0.05, 0.1) is 18.9 Å². The fourth-order valence-electron chi connectivity index (χ4n) is 1.91. The molecule has 0 fully saturated rings. The van der Waals surface area contributed by atoms with Gasteiger partial charge in [-0.1, -0.05) is 12.1 Å². The first-order chi connectivity index (χ1) is 9.63. The van der Waals surface area contributed by atoms with Gasteiger partial charge in [0.1, 0.15) is 11.4 Å². The van der Waals surface area contributed by atoms with E-state index in [0.29, 0.717) is 11.1 Å². The van der Waals surface area contributed by atoms with Crippen LogP contribution in [-0.2, 0) is 4.79 Å². The van der Waals surface area contributed by atoms with Crippen LogP contribution in [0.25, 0.3) is 10.8 Å². The molecule has 1 heterocycles. The van der Waals surface area contributed by atoms with Crippen LogP contribution in [0.5, 0.6) is 5.75 Å². The average Bonchev–Trinajstić information content (AvgIpc) is 2.45. The third kappa shape index (κ3) is 2.85. The molecule has 104 valence electrons. The van der Waals surface area contributed by atoms with E-state index < -0.39 is 11.9 Å². The molecule has 0 aliphatic rings. The Morgan fingerprint density at radius 1 is 1.35 bits per heavy atom. The molecule has 1 amide bonds. The van der Waals surface area contributed by atoms with Crippen molar-refractivity contribution in [3.8, 4) is 5.75 Å². The second kappa shape index (κ2) is 6.01. The van der Waals surface area contributed by atoms with Crippen molar-refractivity contribution in [3.05, 3.63) is 36.2 Å². The molecular weight excluding hydrogens is 260 g/mol. The number of hydrogen-bond acceptors (Lipinski definition) is 4. The number of fused-ring (bicyclic) bond motifs is 1. The highest BCUT2D eigenvalue weighted by molar-refractivity contribution is 6.07. The Morgan fingerprint density at radius 3 is 2.85 bits per heavy atom. The van der Waals surface area contributed by atoms with Crippen LogP contribution in [0.3, 0.4) is 0 Å². The third-order valence-corrected chi connectivity index (χ3v) is 2.81. The molecule has 0 saturated carbocycles. The highest BCUT2D eigenvalue weighted by atomic mass is 16.5. The number of nitrogens with one attached hydrogen (secondary N) is 1. The van der Waals surface area contributed by atoms with Gasteiger partial charge in [-0.05, 0) is 17.5 Å². The molecule has 1 aromatic heterocycles. The predicted molar refractivity (Wildman–Crippen MR) is 72.9 cm³/mol. The molecule has 0 aliphatic carbocycles. The monoisotopic (exact) mass is 274 g/mol. The summed E-state index contributed by atoms with van der Waals surface area (Å²) >= 11 is 0. The van der Waals surface area contributed by atoms with E-state index in [9.17, 15) is 9.59 Å². The normalized spacial score (nSPS) is 10.2. The standard InChI is InChI=1S/C14H14N2O4/c1-20-10-4-2-3-9-5-7-15-13(12(9)10)14(19)16-8-6-11(17)18/h2-5,7H,6,8H2,1H3,(H,16,19)(H,17,18). The maximum atomic E-state index is 12.1. The smallest absolute Gasteiger partial charge is 0.305 e. The first-order valence-corrected chi connectivity index (χ1v) is 6.05. The van der Waals surface area contributed by atoms with Gasteiger partial charge >= 0.3 is 5.97 Å². The van der Waals surface area contributed by atoms with Crippen LogP contribution in [0.1, 0.15) is 16.9 Å². The molecular formula is C14H14N2O4. The number of nitrogens with zero attached hydrogens (tertiary/aromatic N) is 1. The molecule has 0 saturated heterocycles. The molecule has 0 radical (unpaired) electrons. The highest BCUT2D eigenvalue weighted by Crippen LogP contribution is 2.27. The Hall–Kier alpha value is -2.63. The number of carbonyl (C=O) groups excluding carboxylic acids is 1. The van der Waals surface area contributed by atoms with Crippen LogP contribution < -0.4 is 10.1 Å². The van der Waals surface area contributed by atoms with Crippen molar-refractivity contribution in [3.63, 3.8) is 0 Å². The lowest BCUT2D eigenvalue weighted by Crippen LogP contribution is -2.27. The molecule has 0 spiro atoms. The van der Waals surface area contributed by atoms with E-state index >= 15 is 0 Å². The van der Waals surface area contributed by atoms with E-state index in [1.165, 1.54) is 13.3 Å². The molecule has 0 bridgehead atoms. The maximum Gasteiger partial charge on any atom is 0.305 e. The molecule has 2 aromatic rings. The van der Waals surface area contributed by atoms with E-state index in [-0.39, 0.29) is 18.7 Å². The lowest BCUT2D eigenvalue weighted by Gasteiger charge is -2.09. The van der Waals surface area contributed by atoms with Crippen molar-refractivity contribution in [1.29, 1.82) is 0 Å². The Labute approximate surface area is 115 Å². The number of pyridine rings is 1. The van der Waals surface area contributed by atoms with Gasteiger partial charge in [-0.15, -0.1) is 0 Å². The van der Waals surface area contributed by atoms with Crippen LogP contribution in [0.15, 0.2) is 30.5 Å². The summed E-state index contributed by atoms with van der Waals surface area (Å²) in [6, 6.07) is 7.21. The number of carboxylic acids is 1. The largest absolute Gasteiger partial charge is 0.496 e. The van der Waals surface area contributed by atoms with Crippen LogP contribution in [0.2, 0.25) is 0 Å². The number of ether oxygens (including phenoxy) is 1. The second-order valence-electron chi connectivity index (χ2n) is 4.12. The number of methoxy groups -OCH3 is 1. The van der Waals surface area contributed by atoms with E-state index in [2.05, 4.69) is 10.3 Å². The fourth-order valence-corrected chi connectivity index (χ4v) is 1.91. The van der Waals surface area contributed by atoms with Crippen LogP contribution in [-0.4, -0.2) is 35.6 Å². The minimum atomic E-state index is -0.964. The first-order valence-electron chi connectivity index (χ1n) is 6.05. The van der Waals surface area contributed by atoms with Crippen molar-refractivity contribution in [2.24, 2.45) is 0 Å². The summed E-state index contributed by atoms with van der Waals surface area (Å²) < 4.78 is 5.25. The van der Waals surface area contributed by atoms with Crippen LogP contribution in [0, 0.1) is 0 Å². The van der Waals surface area contributed by atoms with Gasteiger partial charge in [0.25, 0.3) is 5.91 Å². The molecule has 20 heavy (non-hydrogen) atoms. The number of aromatic nitrogens is 1. The van der Waals surface area contributed by atoms with Crippen molar-refractivity contribution >= 4 is 22.6 Å². The first kappa shape index (κ1) is 13.8. The number of amides is 1. The zero-order valence-corrected chi connectivity index (χ0v) is 10.9. The van der Waals surface area contributed by atoms with Gasteiger partial charge < -0.3 is 15.2 Å². The molecule has 6 nitrogen and oxygen atoms in total. The highest BCUT2D eigenvalue weighted by Gasteiger charge is 2.15. The summed E-state index contributed by atoms with van der Waals surface area (Å²) in [6.07, 6.45) is 1.40. The number of aliphatic carboxylic acids is 1. The van der Waals surface area contributed by atoms with Gasteiger partial charge in [0.2, 0.25) is 0 Å². The molecule has 2 N–H and O–H groups in total. The zero-order chi connectivity index (χ0) is 14.5. The average molecular weight is 274 g/mol. The number of carboxylic acid groups (broad SMARTS) is 1.